The predicted molar refractivity (Wildman–Crippen MR) is 107 cm³/mol. The molecule has 6 nitrogen and oxygen atoms in total. The van der Waals surface area contributed by atoms with E-state index in [0.717, 1.165) is 57.4 Å². The second-order valence-electron chi connectivity index (χ2n) is 6.89. The predicted octanol–water partition coefficient (Wildman–Crippen LogP) is 4.65. The first-order valence-electron chi connectivity index (χ1n) is 10.2. The maximum Gasteiger partial charge on any atom is 0.413 e. The Morgan fingerprint density at radius 2 is 1.96 bits per heavy atom. The molecule has 1 aliphatic rings. The largest absolute Gasteiger partial charge is 0.494 e. The Hall–Kier alpha value is -1.79. The summed E-state index contributed by atoms with van der Waals surface area (Å²) in [6.07, 6.45) is 5.76. The fourth-order valence-corrected chi connectivity index (χ4v) is 3.05. The highest BCUT2D eigenvalue weighted by Crippen LogP contribution is 2.19. The Kier molecular flexibility index (Phi) is 10.0. The SMILES string of the molecule is CCCCCOc1cccc(NC(=O)OC(COCCC)N2CCCC2)c1. The number of rotatable bonds is 12. The molecule has 1 amide bonds. The van der Waals surface area contributed by atoms with Crippen LogP contribution in [0.5, 0.6) is 5.75 Å². The molecule has 1 unspecified atom stereocenters. The van der Waals surface area contributed by atoms with Crippen LogP contribution in [0.3, 0.4) is 0 Å². The number of nitrogens with zero attached hydrogens (tertiary/aromatic N) is 1. The van der Waals surface area contributed by atoms with E-state index in [1.807, 2.05) is 24.3 Å². The van der Waals surface area contributed by atoms with Gasteiger partial charge in [-0.3, -0.25) is 10.2 Å². The van der Waals surface area contributed by atoms with Crippen LogP contribution in [0.25, 0.3) is 0 Å². The lowest BCUT2D eigenvalue weighted by atomic mass is 10.2. The molecule has 0 saturated carbocycles. The minimum Gasteiger partial charge on any atom is -0.494 e. The molecule has 0 bridgehead atoms. The quantitative estimate of drug-likeness (QED) is 0.536. The van der Waals surface area contributed by atoms with Crippen LogP contribution in [-0.2, 0) is 9.47 Å². The monoisotopic (exact) mass is 378 g/mol. The van der Waals surface area contributed by atoms with Gasteiger partial charge in [0, 0.05) is 31.5 Å². The van der Waals surface area contributed by atoms with Gasteiger partial charge >= 0.3 is 6.09 Å². The van der Waals surface area contributed by atoms with Crippen LogP contribution in [-0.4, -0.2) is 50.1 Å². The molecule has 1 aliphatic heterocycles. The summed E-state index contributed by atoms with van der Waals surface area (Å²) < 4.78 is 17.0. The molecule has 1 N–H and O–H groups in total. The van der Waals surface area contributed by atoms with Crippen molar-refractivity contribution in [3.8, 4) is 5.75 Å². The van der Waals surface area contributed by atoms with Gasteiger partial charge in [-0.15, -0.1) is 0 Å². The third kappa shape index (κ3) is 8.18. The Balaban J connectivity index is 1.84. The van der Waals surface area contributed by atoms with Crippen molar-refractivity contribution in [1.29, 1.82) is 0 Å². The zero-order valence-electron chi connectivity index (χ0n) is 16.7. The van der Waals surface area contributed by atoms with E-state index in [4.69, 9.17) is 14.2 Å². The smallest absolute Gasteiger partial charge is 0.413 e. The first-order valence-corrected chi connectivity index (χ1v) is 10.2. The van der Waals surface area contributed by atoms with Gasteiger partial charge in [0.2, 0.25) is 0 Å². The van der Waals surface area contributed by atoms with Gasteiger partial charge in [-0.25, -0.2) is 4.79 Å². The minimum absolute atomic E-state index is 0.340. The number of hydrogen-bond donors (Lipinski definition) is 1. The number of carbonyl (C=O) groups excluding carboxylic acids is 1. The van der Waals surface area contributed by atoms with Gasteiger partial charge in [-0.1, -0.05) is 32.8 Å². The van der Waals surface area contributed by atoms with Crippen LogP contribution in [0.1, 0.15) is 52.4 Å². The van der Waals surface area contributed by atoms with Gasteiger partial charge < -0.3 is 14.2 Å². The molecule has 1 aromatic rings. The molecule has 27 heavy (non-hydrogen) atoms. The highest BCUT2D eigenvalue weighted by molar-refractivity contribution is 5.84. The van der Waals surface area contributed by atoms with E-state index in [-0.39, 0.29) is 6.23 Å². The molecule has 1 aromatic carbocycles. The van der Waals surface area contributed by atoms with E-state index < -0.39 is 6.09 Å². The first-order chi connectivity index (χ1) is 13.2. The highest BCUT2D eigenvalue weighted by Gasteiger charge is 2.25. The Labute approximate surface area is 163 Å². The Morgan fingerprint density at radius 3 is 2.70 bits per heavy atom. The van der Waals surface area contributed by atoms with Crippen molar-refractivity contribution in [2.24, 2.45) is 0 Å². The maximum absolute atomic E-state index is 12.4. The van der Waals surface area contributed by atoms with Crippen LogP contribution in [0, 0.1) is 0 Å². The molecule has 0 spiro atoms. The Morgan fingerprint density at radius 1 is 1.15 bits per heavy atom. The number of anilines is 1. The lowest BCUT2D eigenvalue weighted by Gasteiger charge is -2.27. The van der Waals surface area contributed by atoms with Crippen LogP contribution in [0.4, 0.5) is 10.5 Å². The van der Waals surface area contributed by atoms with Gasteiger partial charge in [-0.05, 0) is 37.8 Å². The van der Waals surface area contributed by atoms with Crippen molar-refractivity contribution in [1.82, 2.24) is 4.90 Å². The molecule has 6 heteroatoms. The lowest BCUT2D eigenvalue weighted by molar-refractivity contribution is -0.0529. The minimum atomic E-state index is -0.463. The second-order valence-corrected chi connectivity index (χ2v) is 6.89. The van der Waals surface area contributed by atoms with Gasteiger partial charge in [0.15, 0.2) is 6.23 Å². The van der Waals surface area contributed by atoms with Crippen molar-refractivity contribution < 1.29 is 19.0 Å². The standard InChI is InChI=1S/C21H34N2O4/c1-3-5-8-15-26-19-11-9-10-18(16-19)22-21(24)27-20(17-25-14-4-2)23-12-6-7-13-23/h9-11,16,20H,3-8,12-15,17H2,1-2H3,(H,22,24). The normalized spacial score (nSPS) is 15.5. The molecule has 1 atom stereocenters. The fraction of sp³-hybridized carbons (Fsp3) is 0.667. The highest BCUT2D eigenvalue weighted by atomic mass is 16.6. The van der Waals surface area contributed by atoms with Gasteiger partial charge in [-0.2, -0.15) is 0 Å². The fourth-order valence-electron chi connectivity index (χ4n) is 3.05. The summed E-state index contributed by atoms with van der Waals surface area (Å²) in [4.78, 5) is 14.5. The van der Waals surface area contributed by atoms with Crippen molar-refractivity contribution >= 4 is 11.8 Å². The summed E-state index contributed by atoms with van der Waals surface area (Å²) in [6, 6.07) is 7.42. The first kappa shape index (κ1) is 21.5. The summed E-state index contributed by atoms with van der Waals surface area (Å²) >= 11 is 0. The van der Waals surface area contributed by atoms with E-state index in [1.54, 1.807) is 0 Å². The Bertz CT molecular complexity index is 547. The number of hydrogen-bond acceptors (Lipinski definition) is 5. The molecule has 0 aliphatic carbocycles. The number of benzene rings is 1. The molecule has 1 saturated heterocycles. The number of likely N-dealkylation sites (tertiary alicyclic amines) is 1. The topological polar surface area (TPSA) is 60.0 Å². The average Bonchev–Trinajstić information content (AvgIpc) is 3.20. The number of amides is 1. The molecule has 152 valence electrons. The van der Waals surface area contributed by atoms with Crippen molar-refractivity contribution in [2.75, 3.05) is 38.2 Å². The van der Waals surface area contributed by atoms with Crippen LogP contribution in [0.2, 0.25) is 0 Å². The number of carbonyl (C=O) groups is 1. The zero-order chi connectivity index (χ0) is 19.3. The summed E-state index contributed by atoms with van der Waals surface area (Å²) in [6.45, 7) is 7.87. The molecule has 1 heterocycles. The molecule has 0 radical (unpaired) electrons. The summed E-state index contributed by atoms with van der Waals surface area (Å²) in [5, 5.41) is 2.80. The molecular formula is C21H34N2O4. The van der Waals surface area contributed by atoms with Crippen molar-refractivity contribution in [3.63, 3.8) is 0 Å². The maximum atomic E-state index is 12.4. The van der Waals surface area contributed by atoms with Crippen LogP contribution >= 0.6 is 0 Å². The number of nitrogens with one attached hydrogen (secondary N) is 1. The average molecular weight is 379 g/mol. The van der Waals surface area contributed by atoms with E-state index >= 15 is 0 Å². The summed E-state index contributed by atoms with van der Waals surface area (Å²) in [7, 11) is 0. The van der Waals surface area contributed by atoms with Gasteiger partial charge in [0.25, 0.3) is 0 Å². The van der Waals surface area contributed by atoms with E-state index in [9.17, 15) is 4.79 Å². The molecule has 1 fully saturated rings. The van der Waals surface area contributed by atoms with E-state index in [2.05, 4.69) is 24.1 Å². The van der Waals surface area contributed by atoms with Gasteiger partial charge in [0.1, 0.15) is 5.75 Å². The lowest BCUT2D eigenvalue weighted by Crippen LogP contribution is -2.41. The number of unbranched alkanes of at least 4 members (excludes halogenated alkanes) is 2. The van der Waals surface area contributed by atoms with Crippen LogP contribution < -0.4 is 10.1 Å². The molecule has 0 aromatic heterocycles. The third-order valence-electron chi connectivity index (χ3n) is 4.50. The van der Waals surface area contributed by atoms with E-state index in [0.29, 0.717) is 25.5 Å². The number of ether oxygens (including phenoxy) is 3. The second kappa shape index (κ2) is 12.6. The summed E-state index contributed by atoms with van der Waals surface area (Å²) in [5.41, 5.74) is 0.669. The summed E-state index contributed by atoms with van der Waals surface area (Å²) in [5.74, 6) is 0.756. The van der Waals surface area contributed by atoms with Crippen molar-refractivity contribution in [2.45, 2.75) is 58.6 Å². The van der Waals surface area contributed by atoms with Gasteiger partial charge in [0.05, 0.1) is 13.2 Å². The van der Waals surface area contributed by atoms with E-state index in [1.165, 1.54) is 0 Å². The van der Waals surface area contributed by atoms with Crippen molar-refractivity contribution in [3.05, 3.63) is 24.3 Å². The molecule has 2 rings (SSSR count). The third-order valence-corrected chi connectivity index (χ3v) is 4.50. The zero-order valence-corrected chi connectivity index (χ0v) is 16.7. The molecular weight excluding hydrogens is 344 g/mol. The van der Waals surface area contributed by atoms with Crippen LogP contribution in [0.15, 0.2) is 24.3 Å².